The predicted molar refractivity (Wildman–Crippen MR) is 50.6 cm³/mol. The highest BCUT2D eigenvalue weighted by atomic mass is 16.3. The number of aliphatic hydroxyl groups excluding tert-OH is 1. The number of unbranched alkanes of at least 4 members (excludes halogenated alkanes) is 1. The van der Waals surface area contributed by atoms with Gasteiger partial charge in [-0.15, -0.1) is 0 Å². The molecule has 0 amide bonds. The van der Waals surface area contributed by atoms with Gasteiger partial charge in [0, 0.05) is 0 Å². The first-order chi connectivity index (χ1) is 4.62. The summed E-state index contributed by atoms with van der Waals surface area (Å²) in [5.74, 6) is 0. The minimum atomic E-state index is 0. The van der Waals surface area contributed by atoms with Gasteiger partial charge in [-0.1, -0.05) is 20.8 Å². The Hall–Kier alpha value is -0.0800. The summed E-state index contributed by atoms with van der Waals surface area (Å²) in [6.45, 7) is 4.55. The minimum Gasteiger partial charge on any atom is -0.391 e. The second-order valence-electron chi connectivity index (χ2n) is 3.46. The quantitative estimate of drug-likeness (QED) is 0.607. The highest BCUT2D eigenvalue weighted by Crippen LogP contribution is 1.99. The van der Waals surface area contributed by atoms with Gasteiger partial charge < -0.3 is 9.59 Å². The maximum absolute atomic E-state index is 8.69. The molecule has 0 saturated carbocycles. The van der Waals surface area contributed by atoms with Crippen LogP contribution in [0.3, 0.4) is 0 Å². The number of quaternary nitrogens is 1. The third-order valence-electron chi connectivity index (χ3n) is 1.82. The van der Waals surface area contributed by atoms with E-state index in [1.165, 1.54) is 19.4 Å². The summed E-state index contributed by atoms with van der Waals surface area (Å²) >= 11 is 0. The molecule has 0 atom stereocenters. The molecule has 0 aromatic heterocycles. The minimum absolute atomic E-state index is 0. The van der Waals surface area contributed by atoms with Crippen molar-refractivity contribution in [3.05, 3.63) is 0 Å². The number of aliphatic hydroxyl groups is 1. The monoisotopic (exact) mass is 162 g/mol. The molecule has 0 aromatic carbocycles. The van der Waals surface area contributed by atoms with Crippen molar-refractivity contribution < 1.29 is 9.59 Å². The Labute approximate surface area is 71.4 Å². The third-order valence-corrected chi connectivity index (χ3v) is 1.82. The lowest BCUT2D eigenvalue weighted by Crippen LogP contribution is -2.42. The first kappa shape index (κ1) is 13.5. The average Bonchev–Trinajstić information content (AvgIpc) is 1.84. The van der Waals surface area contributed by atoms with Crippen molar-refractivity contribution in [1.82, 2.24) is 0 Å². The van der Waals surface area contributed by atoms with Crippen LogP contribution < -0.4 is 0 Å². The van der Waals surface area contributed by atoms with Crippen LogP contribution in [0.25, 0.3) is 0 Å². The maximum atomic E-state index is 8.69. The zero-order valence-corrected chi connectivity index (χ0v) is 7.43. The zero-order valence-electron chi connectivity index (χ0n) is 7.43. The van der Waals surface area contributed by atoms with E-state index >= 15 is 0 Å². The topological polar surface area (TPSA) is 20.2 Å². The van der Waals surface area contributed by atoms with E-state index in [9.17, 15) is 0 Å². The SMILES string of the molecule is C.CCCC[N+](C)(C)CCO. The number of hydrogen-bond acceptors (Lipinski definition) is 1. The van der Waals surface area contributed by atoms with E-state index in [2.05, 4.69) is 21.0 Å². The van der Waals surface area contributed by atoms with E-state index in [4.69, 9.17) is 5.11 Å². The van der Waals surface area contributed by atoms with Gasteiger partial charge in [-0.05, 0) is 6.42 Å². The van der Waals surface area contributed by atoms with Crippen molar-refractivity contribution in [1.29, 1.82) is 0 Å². The molecule has 70 valence electrons. The molecule has 0 unspecified atom stereocenters. The highest BCUT2D eigenvalue weighted by molar-refractivity contribution is 4.34. The first-order valence-corrected chi connectivity index (χ1v) is 4.05. The maximum Gasteiger partial charge on any atom is 0.102 e. The van der Waals surface area contributed by atoms with Crippen molar-refractivity contribution in [3.63, 3.8) is 0 Å². The van der Waals surface area contributed by atoms with Gasteiger partial charge in [0.2, 0.25) is 0 Å². The highest BCUT2D eigenvalue weighted by Gasteiger charge is 2.11. The van der Waals surface area contributed by atoms with Crippen molar-refractivity contribution in [3.8, 4) is 0 Å². The summed E-state index contributed by atoms with van der Waals surface area (Å²) in [4.78, 5) is 0. The molecule has 0 heterocycles. The summed E-state index contributed by atoms with van der Waals surface area (Å²) in [5, 5.41) is 8.69. The lowest BCUT2D eigenvalue weighted by molar-refractivity contribution is -0.890. The smallest absolute Gasteiger partial charge is 0.102 e. The van der Waals surface area contributed by atoms with Crippen LogP contribution in [0.15, 0.2) is 0 Å². The fourth-order valence-electron chi connectivity index (χ4n) is 0.969. The largest absolute Gasteiger partial charge is 0.391 e. The molecule has 0 fully saturated rings. The van der Waals surface area contributed by atoms with E-state index in [1.54, 1.807) is 0 Å². The lowest BCUT2D eigenvalue weighted by Gasteiger charge is -2.28. The summed E-state index contributed by atoms with van der Waals surface area (Å²) < 4.78 is 0.949. The Morgan fingerprint density at radius 3 is 2.09 bits per heavy atom. The van der Waals surface area contributed by atoms with Crippen LogP contribution in [0.2, 0.25) is 0 Å². The van der Waals surface area contributed by atoms with Crippen LogP contribution in [0.1, 0.15) is 27.2 Å². The molecule has 0 aliphatic rings. The van der Waals surface area contributed by atoms with E-state index < -0.39 is 0 Å². The van der Waals surface area contributed by atoms with Crippen LogP contribution in [0, 0.1) is 0 Å². The molecule has 0 rings (SSSR count). The van der Waals surface area contributed by atoms with Crippen molar-refractivity contribution in [2.45, 2.75) is 27.2 Å². The number of nitrogens with zero attached hydrogens (tertiary/aromatic N) is 1. The fraction of sp³-hybridized carbons (Fsp3) is 1.00. The van der Waals surface area contributed by atoms with Gasteiger partial charge >= 0.3 is 0 Å². The molecule has 11 heavy (non-hydrogen) atoms. The molecule has 1 N–H and O–H groups in total. The van der Waals surface area contributed by atoms with Gasteiger partial charge in [-0.3, -0.25) is 0 Å². The number of hydrogen-bond donors (Lipinski definition) is 1. The number of rotatable bonds is 5. The molecule has 2 heteroatoms. The van der Waals surface area contributed by atoms with E-state index in [-0.39, 0.29) is 7.43 Å². The van der Waals surface area contributed by atoms with Crippen molar-refractivity contribution >= 4 is 0 Å². The van der Waals surface area contributed by atoms with Crippen LogP contribution in [-0.4, -0.2) is 43.4 Å². The van der Waals surface area contributed by atoms with Crippen LogP contribution in [0.5, 0.6) is 0 Å². The predicted octanol–water partition coefficient (Wildman–Crippen LogP) is 1.49. The second kappa shape index (κ2) is 6.62. The molecule has 0 bridgehead atoms. The van der Waals surface area contributed by atoms with Gasteiger partial charge in [0.05, 0.1) is 27.2 Å². The fourth-order valence-corrected chi connectivity index (χ4v) is 0.969. The standard InChI is InChI=1S/C8H20NO.CH4/c1-4-5-6-9(2,3)7-8-10;/h10H,4-8H2,1-3H3;1H4/q+1;. The Morgan fingerprint density at radius 1 is 1.18 bits per heavy atom. The first-order valence-electron chi connectivity index (χ1n) is 4.05. The normalized spacial score (nSPS) is 10.9. The van der Waals surface area contributed by atoms with E-state index in [1.807, 2.05) is 0 Å². The van der Waals surface area contributed by atoms with Crippen molar-refractivity contribution in [2.24, 2.45) is 0 Å². The average molecular weight is 162 g/mol. The van der Waals surface area contributed by atoms with Gasteiger partial charge in [0.25, 0.3) is 0 Å². The lowest BCUT2D eigenvalue weighted by atomic mass is 10.3. The van der Waals surface area contributed by atoms with Gasteiger partial charge in [0.1, 0.15) is 6.54 Å². The molecule has 0 radical (unpaired) electrons. The molecule has 0 spiro atoms. The summed E-state index contributed by atoms with van der Waals surface area (Å²) in [6.07, 6.45) is 2.50. The molecule has 0 aromatic rings. The summed E-state index contributed by atoms with van der Waals surface area (Å²) in [7, 11) is 4.32. The summed E-state index contributed by atoms with van der Waals surface area (Å²) in [5.41, 5.74) is 0. The Morgan fingerprint density at radius 2 is 1.73 bits per heavy atom. The number of likely N-dealkylation sites (N-methyl/N-ethyl adjacent to an activating group) is 1. The van der Waals surface area contributed by atoms with Gasteiger partial charge in [0.15, 0.2) is 0 Å². The van der Waals surface area contributed by atoms with E-state index in [0.29, 0.717) is 6.61 Å². The van der Waals surface area contributed by atoms with Gasteiger partial charge in [-0.25, -0.2) is 0 Å². The Bertz CT molecular complexity index is 81.6. The van der Waals surface area contributed by atoms with E-state index in [0.717, 1.165) is 11.0 Å². The zero-order chi connectivity index (χ0) is 8.04. The third kappa shape index (κ3) is 7.82. The van der Waals surface area contributed by atoms with Crippen LogP contribution in [0.4, 0.5) is 0 Å². The molecular formula is C9H24NO+. The Kier molecular flexibility index (Phi) is 8.13. The molecule has 2 nitrogen and oxygen atoms in total. The van der Waals surface area contributed by atoms with Gasteiger partial charge in [-0.2, -0.15) is 0 Å². The Balaban J connectivity index is 0. The van der Waals surface area contributed by atoms with Crippen molar-refractivity contribution in [2.75, 3.05) is 33.8 Å². The molecule has 0 aliphatic carbocycles. The van der Waals surface area contributed by atoms with Crippen LogP contribution in [-0.2, 0) is 0 Å². The molecular weight excluding hydrogens is 138 g/mol. The molecule has 0 saturated heterocycles. The second-order valence-corrected chi connectivity index (χ2v) is 3.46. The summed E-state index contributed by atoms with van der Waals surface area (Å²) in [6, 6.07) is 0. The molecule has 0 aliphatic heterocycles. The van der Waals surface area contributed by atoms with Crippen LogP contribution >= 0.6 is 0 Å².